The van der Waals surface area contributed by atoms with Crippen molar-refractivity contribution in [1.82, 2.24) is 5.32 Å². The molecule has 0 bridgehead atoms. The lowest BCUT2D eigenvalue weighted by Gasteiger charge is -2.21. The van der Waals surface area contributed by atoms with Crippen molar-refractivity contribution < 1.29 is 19.4 Å². The van der Waals surface area contributed by atoms with Gasteiger partial charge in [-0.05, 0) is 19.1 Å². The van der Waals surface area contributed by atoms with Gasteiger partial charge in [-0.2, -0.15) is 0 Å². The minimum Gasteiger partial charge on any atom is -0.493 e. The van der Waals surface area contributed by atoms with Gasteiger partial charge in [0.2, 0.25) is 0 Å². The number of hydrogen-bond donors (Lipinski definition) is 2. The highest BCUT2D eigenvalue weighted by molar-refractivity contribution is 5.96. The lowest BCUT2D eigenvalue weighted by atomic mass is 10.0. The zero-order valence-electron chi connectivity index (χ0n) is 11.0. The van der Waals surface area contributed by atoms with E-state index in [1.54, 1.807) is 18.2 Å². The molecule has 0 aromatic heterocycles. The number of carbonyl (C=O) groups is 1. The average molecular weight is 265 g/mol. The Morgan fingerprint density at radius 3 is 3.00 bits per heavy atom. The molecule has 1 unspecified atom stereocenters. The first-order valence-corrected chi connectivity index (χ1v) is 6.45. The Hall–Kier alpha value is -1.59. The van der Waals surface area contributed by atoms with E-state index in [9.17, 15) is 9.90 Å². The topological polar surface area (TPSA) is 67.8 Å². The lowest BCUT2D eigenvalue weighted by molar-refractivity contribution is 0.0264. The van der Waals surface area contributed by atoms with Crippen molar-refractivity contribution in [2.75, 3.05) is 26.4 Å². The summed E-state index contributed by atoms with van der Waals surface area (Å²) in [5.74, 6) is 0.307. The van der Waals surface area contributed by atoms with Crippen LogP contribution in [0.25, 0.3) is 0 Å². The van der Waals surface area contributed by atoms with Gasteiger partial charge in [0.1, 0.15) is 11.4 Å². The summed E-state index contributed by atoms with van der Waals surface area (Å²) in [5, 5.41) is 12.8. The van der Waals surface area contributed by atoms with E-state index in [0.717, 1.165) is 0 Å². The predicted octanol–water partition coefficient (Wildman–Crippen LogP) is 0.967. The summed E-state index contributed by atoms with van der Waals surface area (Å²) in [4.78, 5) is 12.1. The van der Waals surface area contributed by atoms with Crippen molar-refractivity contribution in [2.24, 2.45) is 0 Å². The van der Waals surface area contributed by atoms with E-state index < -0.39 is 5.60 Å². The minimum atomic E-state index is -0.948. The second-order valence-corrected chi connectivity index (χ2v) is 4.64. The van der Waals surface area contributed by atoms with E-state index in [1.165, 1.54) is 0 Å². The third kappa shape index (κ3) is 3.45. The molecule has 2 rings (SSSR count). The Kier molecular flexibility index (Phi) is 4.39. The maximum atomic E-state index is 12.1. The Labute approximate surface area is 112 Å². The zero-order valence-corrected chi connectivity index (χ0v) is 11.0. The molecule has 1 amide bonds. The molecule has 1 fully saturated rings. The molecule has 5 heteroatoms. The second-order valence-electron chi connectivity index (χ2n) is 4.64. The van der Waals surface area contributed by atoms with Crippen LogP contribution >= 0.6 is 0 Å². The Morgan fingerprint density at radius 1 is 1.53 bits per heavy atom. The highest BCUT2D eigenvalue weighted by atomic mass is 16.5. The SMILES string of the molecule is CCOc1ccccc1C(=O)NCC1(O)CCOC1. The summed E-state index contributed by atoms with van der Waals surface area (Å²) in [5.41, 5.74) is -0.470. The second kappa shape index (κ2) is 6.04. The summed E-state index contributed by atoms with van der Waals surface area (Å²) in [6.07, 6.45) is 0.542. The summed E-state index contributed by atoms with van der Waals surface area (Å²) < 4.78 is 10.5. The van der Waals surface area contributed by atoms with Gasteiger partial charge < -0.3 is 19.9 Å². The molecular formula is C14H19NO4. The van der Waals surface area contributed by atoms with Gasteiger partial charge >= 0.3 is 0 Å². The van der Waals surface area contributed by atoms with Gasteiger partial charge in [0, 0.05) is 19.6 Å². The van der Waals surface area contributed by atoms with Crippen molar-refractivity contribution in [2.45, 2.75) is 18.9 Å². The van der Waals surface area contributed by atoms with Gasteiger partial charge in [-0.25, -0.2) is 0 Å². The summed E-state index contributed by atoms with van der Waals surface area (Å²) in [6, 6.07) is 7.06. The van der Waals surface area contributed by atoms with Crippen LogP contribution in [0.4, 0.5) is 0 Å². The Morgan fingerprint density at radius 2 is 2.32 bits per heavy atom. The van der Waals surface area contributed by atoms with Gasteiger partial charge in [0.15, 0.2) is 0 Å². The van der Waals surface area contributed by atoms with E-state index in [4.69, 9.17) is 9.47 Å². The van der Waals surface area contributed by atoms with Crippen LogP contribution in [-0.2, 0) is 4.74 Å². The van der Waals surface area contributed by atoms with Crippen LogP contribution < -0.4 is 10.1 Å². The van der Waals surface area contributed by atoms with Crippen LogP contribution in [0.3, 0.4) is 0 Å². The van der Waals surface area contributed by atoms with E-state index in [2.05, 4.69) is 5.32 Å². The molecule has 104 valence electrons. The number of amides is 1. The summed E-state index contributed by atoms with van der Waals surface area (Å²) in [6.45, 7) is 3.35. The average Bonchev–Trinajstić information content (AvgIpc) is 2.85. The normalized spacial score (nSPS) is 22.2. The predicted molar refractivity (Wildman–Crippen MR) is 70.3 cm³/mol. The first kappa shape index (κ1) is 13.8. The maximum Gasteiger partial charge on any atom is 0.255 e. The molecule has 1 saturated heterocycles. The molecule has 0 saturated carbocycles. The van der Waals surface area contributed by atoms with Crippen LogP contribution in [0.2, 0.25) is 0 Å². The number of benzene rings is 1. The number of carbonyl (C=O) groups excluding carboxylic acids is 1. The van der Waals surface area contributed by atoms with Crippen LogP contribution in [0.1, 0.15) is 23.7 Å². The first-order chi connectivity index (χ1) is 9.14. The fraction of sp³-hybridized carbons (Fsp3) is 0.500. The van der Waals surface area contributed by atoms with E-state index >= 15 is 0 Å². The number of para-hydroxylation sites is 1. The fourth-order valence-corrected chi connectivity index (χ4v) is 2.01. The molecule has 19 heavy (non-hydrogen) atoms. The van der Waals surface area contributed by atoms with Crippen LogP contribution in [0, 0.1) is 0 Å². The molecule has 0 spiro atoms. The molecule has 0 radical (unpaired) electrons. The standard InChI is InChI=1S/C14H19NO4/c1-2-19-12-6-4-3-5-11(12)13(16)15-9-14(17)7-8-18-10-14/h3-6,17H,2,7-10H2,1H3,(H,15,16). The van der Waals surface area contributed by atoms with Crippen molar-refractivity contribution in [3.05, 3.63) is 29.8 Å². The highest BCUT2D eigenvalue weighted by Gasteiger charge is 2.32. The number of rotatable bonds is 5. The van der Waals surface area contributed by atoms with Gasteiger partial charge in [0.25, 0.3) is 5.91 Å². The monoisotopic (exact) mass is 265 g/mol. The largest absolute Gasteiger partial charge is 0.493 e. The van der Waals surface area contributed by atoms with E-state index in [1.807, 2.05) is 13.0 Å². The lowest BCUT2D eigenvalue weighted by Crippen LogP contribution is -2.43. The Balaban J connectivity index is 1.99. The van der Waals surface area contributed by atoms with Gasteiger partial charge in [-0.1, -0.05) is 12.1 Å². The van der Waals surface area contributed by atoms with Crippen LogP contribution in [0.15, 0.2) is 24.3 Å². The molecule has 5 nitrogen and oxygen atoms in total. The molecule has 1 aromatic rings. The summed E-state index contributed by atoms with van der Waals surface area (Å²) in [7, 11) is 0. The van der Waals surface area contributed by atoms with Crippen LogP contribution in [0.5, 0.6) is 5.75 Å². The third-order valence-corrected chi connectivity index (χ3v) is 3.09. The smallest absolute Gasteiger partial charge is 0.255 e. The van der Waals surface area contributed by atoms with Gasteiger partial charge in [-0.15, -0.1) is 0 Å². The molecule has 1 aliphatic heterocycles. The maximum absolute atomic E-state index is 12.1. The van der Waals surface area contributed by atoms with E-state index in [0.29, 0.717) is 30.9 Å². The van der Waals surface area contributed by atoms with Gasteiger partial charge in [-0.3, -0.25) is 4.79 Å². The molecular weight excluding hydrogens is 246 g/mol. The van der Waals surface area contributed by atoms with Crippen LogP contribution in [-0.4, -0.2) is 43.0 Å². The first-order valence-electron chi connectivity index (χ1n) is 6.45. The number of ether oxygens (including phenoxy) is 2. The minimum absolute atomic E-state index is 0.187. The highest BCUT2D eigenvalue weighted by Crippen LogP contribution is 2.20. The number of aliphatic hydroxyl groups is 1. The van der Waals surface area contributed by atoms with Crippen molar-refractivity contribution in [3.8, 4) is 5.75 Å². The Bertz CT molecular complexity index is 441. The molecule has 0 aliphatic carbocycles. The molecule has 1 aromatic carbocycles. The van der Waals surface area contributed by atoms with Crippen molar-refractivity contribution in [1.29, 1.82) is 0 Å². The third-order valence-electron chi connectivity index (χ3n) is 3.09. The fourth-order valence-electron chi connectivity index (χ4n) is 2.01. The zero-order chi connectivity index (χ0) is 13.7. The van der Waals surface area contributed by atoms with Crippen molar-refractivity contribution in [3.63, 3.8) is 0 Å². The number of nitrogens with one attached hydrogen (secondary N) is 1. The molecule has 2 N–H and O–H groups in total. The number of hydrogen-bond acceptors (Lipinski definition) is 4. The van der Waals surface area contributed by atoms with E-state index in [-0.39, 0.29) is 19.1 Å². The molecule has 1 heterocycles. The quantitative estimate of drug-likeness (QED) is 0.832. The molecule has 1 atom stereocenters. The van der Waals surface area contributed by atoms with Crippen molar-refractivity contribution >= 4 is 5.91 Å². The molecule has 1 aliphatic rings. The van der Waals surface area contributed by atoms with Gasteiger partial charge in [0.05, 0.1) is 18.8 Å². The summed E-state index contributed by atoms with van der Waals surface area (Å²) >= 11 is 0.